The molecule has 3 rings (SSSR count). The molecule has 1 fully saturated rings. The summed E-state index contributed by atoms with van der Waals surface area (Å²) < 4.78 is 0. The van der Waals surface area contributed by atoms with Gasteiger partial charge in [-0.2, -0.15) is 0 Å². The average molecular weight is 386 g/mol. The van der Waals surface area contributed by atoms with Crippen LogP contribution in [0.5, 0.6) is 0 Å². The third-order valence-corrected chi connectivity index (χ3v) is 4.95. The Balaban J connectivity index is 1.81. The van der Waals surface area contributed by atoms with Gasteiger partial charge in [0.05, 0.1) is 0 Å². The largest absolute Gasteiger partial charge is 0.326 e. The number of amides is 4. The van der Waals surface area contributed by atoms with Crippen molar-refractivity contribution in [2.75, 3.05) is 5.32 Å². The van der Waals surface area contributed by atoms with Crippen LogP contribution in [-0.4, -0.2) is 28.8 Å². The molecule has 4 amide bonds. The lowest BCUT2D eigenvalue weighted by Crippen LogP contribution is -2.47. The zero-order valence-electron chi connectivity index (χ0n) is 15.2. The highest BCUT2D eigenvalue weighted by Crippen LogP contribution is 2.30. The molecule has 0 aromatic heterocycles. The van der Waals surface area contributed by atoms with Crippen LogP contribution in [0.1, 0.15) is 25.0 Å². The van der Waals surface area contributed by atoms with Crippen LogP contribution in [0.25, 0.3) is 0 Å². The number of hydrogen-bond donors (Lipinski definition) is 2. The van der Waals surface area contributed by atoms with Gasteiger partial charge < -0.3 is 10.6 Å². The van der Waals surface area contributed by atoms with Crippen LogP contribution in [0.3, 0.4) is 0 Å². The zero-order valence-corrected chi connectivity index (χ0v) is 16.0. The predicted octanol–water partition coefficient (Wildman–Crippen LogP) is 3.44. The van der Waals surface area contributed by atoms with Crippen LogP contribution >= 0.6 is 11.6 Å². The van der Waals surface area contributed by atoms with E-state index in [9.17, 15) is 14.4 Å². The molecular formula is C20H20ClN3O3. The molecule has 2 aromatic rings. The van der Waals surface area contributed by atoms with Crippen LogP contribution < -0.4 is 10.6 Å². The van der Waals surface area contributed by atoms with E-state index in [0.29, 0.717) is 16.3 Å². The molecule has 0 bridgehead atoms. The molecule has 0 spiro atoms. The Morgan fingerprint density at radius 3 is 2.48 bits per heavy atom. The molecule has 1 aliphatic heterocycles. The van der Waals surface area contributed by atoms with Crippen LogP contribution in [-0.2, 0) is 15.1 Å². The summed E-state index contributed by atoms with van der Waals surface area (Å²) in [5.41, 5.74) is 0.990. The van der Waals surface area contributed by atoms with Crippen molar-refractivity contribution in [1.82, 2.24) is 10.2 Å². The van der Waals surface area contributed by atoms with E-state index in [1.807, 2.05) is 19.1 Å². The van der Waals surface area contributed by atoms with Gasteiger partial charge >= 0.3 is 6.03 Å². The summed E-state index contributed by atoms with van der Waals surface area (Å²) in [6, 6.07) is 12.4. The summed E-state index contributed by atoms with van der Waals surface area (Å²) in [7, 11) is 0. The van der Waals surface area contributed by atoms with Crippen molar-refractivity contribution < 1.29 is 14.4 Å². The van der Waals surface area contributed by atoms with E-state index >= 15 is 0 Å². The summed E-state index contributed by atoms with van der Waals surface area (Å²) in [5.74, 6) is -0.945. The second-order valence-corrected chi connectivity index (χ2v) is 7.21. The highest BCUT2D eigenvalue weighted by Gasteiger charge is 2.51. The van der Waals surface area contributed by atoms with Crippen molar-refractivity contribution in [3.63, 3.8) is 0 Å². The molecule has 0 radical (unpaired) electrons. The molecule has 2 N–H and O–H groups in total. The smallest absolute Gasteiger partial charge is 0.324 e. The Kier molecular flexibility index (Phi) is 4.93. The topological polar surface area (TPSA) is 78.5 Å². The lowest BCUT2D eigenvalue weighted by molar-refractivity contribution is -0.136. The molecule has 6 nitrogen and oxygen atoms in total. The van der Waals surface area contributed by atoms with E-state index in [1.165, 1.54) is 6.92 Å². The van der Waals surface area contributed by atoms with Gasteiger partial charge in [0, 0.05) is 10.7 Å². The molecule has 140 valence electrons. The maximum Gasteiger partial charge on any atom is 0.326 e. The predicted molar refractivity (Wildman–Crippen MR) is 103 cm³/mol. The Bertz CT molecular complexity index is 913. The Morgan fingerprint density at radius 1 is 1.19 bits per heavy atom. The molecule has 1 saturated heterocycles. The first-order valence-corrected chi connectivity index (χ1v) is 8.89. The summed E-state index contributed by atoms with van der Waals surface area (Å²) in [5, 5.41) is 5.86. The van der Waals surface area contributed by atoms with Gasteiger partial charge in [-0.15, -0.1) is 0 Å². The standard InChI is InChI=1S/C20H20ClN3O3/c1-12-7-9-14(10-8-12)20(3)18(26)24(19(27)23-20)13(2)17(25)22-16-6-4-5-15(21)11-16/h4-11,13H,1-3H3,(H,22,25)(H,23,27)/t13-,20+/m0/s1. The number of urea groups is 1. The lowest BCUT2D eigenvalue weighted by Gasteiger charge is -2.24. The average Bonchev–Trinajstić information content (AvgIpc) is 2.84. The lowest BCUT2D eigenvalue weighted by atomic mass is 9.91. The van der Waals surface area contributed by atoms with Crippen LogP contribution in [0, 0.1) is 6.92 Å². The first-order chi connectivity index (χ1) is 12.7. The first kappa shape index (κ1) is 18.9. The van der Waals surface area contributed by atoms with E-state index in [4.69, 9.17) is 11.6 Å². The number of nitrogens with one attached hydrogen (secondary N) is 2. The van der Waals surface area contributed by atoms with Gasteiger partial charge in [-0.05, 0) is 44.5 Å². The van der Waals surface area contributed by atoms with Crippen molar-refractivity contribution in [2.45, 2.75) is 32.4 Å². The maximum atomic E-state index is 13.0. The van der Waals surface area contributed by atoms with Crippen molar-refractivity contribution in [3.8, 4) is 0 Å². The summed E-state index contributed by atoms with van der Waals surface area (Å²) >= 11 is 5.92. The molecule has 0 saturated carbocycles. The quantitative estimate of drug-likeness (QED) is 0.791. The molecule has 7 heteroatoms. The molecule has 1 aliphatic rings. The van der Waals surface area contributed by atoms with E-state index < -0.39 is 29.4 Å². The maximum absolute atomic E-state index is 13.0. The monoisotopic (exact) mass is 385 g/mol. The molecular weight excluding hydrogens is 366 g/mol. The third-order valence-electron chi connectivity index (χ3n) is 4.71. The zero-order chi connectivity index (χ0) is 19.8. The minimum absolute atomic E-state index is 0.468. The first-order valence-electron chi connectivity index (χ1n) is 8.52. The van der Waals surface area contributed by atoms with Crippen molar-refractivity contribution in [2.24, 2.45) is 0 Å². The minimum atomic E-state index is -1.21. The summed E-state index contributed by atoms with van der Waals surface area (Å²) in [6.07, 6.45) is 0. The van der Waals surface area contributed by atoms with Crippen LogP contribution in [0.4, 0.5) is 10.5 Å². The highest BCUT2D eigenvalue weighted by atomic mass is 35.5. The van der Waals surface area contributed by atoms with Gasteiger partial charge in [-0.1, -0.05) is 47.5 Å². The summed E-state index contributed by atoms with van der Waals surface area (Å²) in [4.78, 5) is 39.0. The van der Waals surface area contributed by atoms with Gasteiger partial charge in [0.1, 0.15) is 11.6 Å². The fourth-order valence-electron chi connectivity index (χ4n) is 3.03. The van der Waals surface area contributed by atoms with Crippen molar-refractivity contribution in [3.05, 3.63) is 64.7 Å². The number of hydrogen-bond acceptors (Lipinski definition) is 3. The molecule has 2 atom stereocenters. The second-order valence-electron chi connectivity index (χ2n) is 6.77. The van der Waals surface area contributed by atoms with Crippen LogP contribution in [0.2, 0.25) is 5.02 Å². The van der Waals surface area contributed by atoms with E-state index in [1.54, 1.807) is 43.3 Å². The van der Waals surface area contributed by atoms with Crippen molar-refractivity contribution >= 4 is 35.1 Å². The number of rotatable bonds is 4. The van der Waals surface area contributed by atoms with Crippen LogP contribution in [0.15, 0.2) is 48.5 Å². The number of benzene rings is 2. The molecule has 27 heavy (non-hydrogen) atoms. The fraction of sp³-hybridized carbons (Fsp3) is 0.250. The number of halogens is 1. The molecule has 2 aromatic carbocycles. The van der Waals surface area contributed by atoms with Gasteiger partial charge in [-0.3, -0.25) is 9.59 Å². The Labute approximate surface area is 162 Å². The van der Waals surface area contributed by atoms with Crippen molar-refractivity contribution in [1.29, 1.82) is 0 Å². The summed E-state index contributed by atoms with van der Waals surface area (Å²) in [6.45, 7) is 5.09. The van der Waals surface area contributed by atoms with E-state index in [0.717, 1.165) is 10.5 Å². The van der Waals surface area contributed by atoms with Gasteiger partial charge in [0.2, 0.25) is 5.91 Å². The normalized spacial score (nSPS) is 20.4. The van der Waals surface area contributed by atoms with Gasteiger partial charge in [0.15, 0.2) is 0 Å². The number of carbonyl (C=O) groups is 3. The minimum Gasteiger partial charge on any atom is -0.324 e. The Hall–Kier alpha value is -2.86. The molecule has 1 heterocycles. The van der Waals surface area contributed by atoms with E-state index in [2.05, 4.69) is 10.6 Å². The number of imide groups is 1. The molecule has 0 aliphatic carbocycles. The fourth-order valence-corrected chi connectivity index (χ4v) is 3.22. The molecule has 0 unspecified atom stereocenters. The number of aryl methyl sites for hydroxylation is 1. The number of carbonyl (C=O) groups excluding carboxylic acids is 3. The highest BCUT2D eigenvalue weighted by molar-refractivity contribution is 6.30. The number of nitrogens with zero attached hydrogens (tertiary/aromatic N) is 1. The number of anilines is 1. The Morgan fingerprint density at radius 2 is 1.85 bits per heavy atom. The van der Waals surface area contributed by atoms with Gasteiger partial charge in [-0.25, -0.2) is 9.69 Å². The third kappa shape index (κ3) is 3.53. The SMILES string of the molecule is Cc1ccc([C@@]2(C)NC(=O)N([C@@H](C)C(=O)Nc3cccc(Cl)c3)C2=O)cc1. The van der Waals surface area contributed by atoms with E-state index in [-0.39, 0.29) is 0 Å². The van der Waals surface area contributed by atoms with Gasteiger partial charge in [0.25, 0.3) is 5.91 Å². The second kappa shape index (κ2) is 7.04.